The van der Waals surface area contributed by atoms with Crippen LogP contribution in [-0.2, 0) is 17.9 Å². The number of carbonyl (C=O) groups excluding carboxylic acids is 1. The summed E-state index contributed by atoms with van der Waals surface area (Å²) < 4.78 is 6.84. The van der Waals surface area contributed by atoms with E-state index in [1.54, 1.807) is 12.0 Å². The predicted molar refractivity (Wildman–Crippen MR) is 139 cm³/mol. The Hall–Kier alpha value is -3.07. The molecule has 0 saturated heterocycles. The highest BCUT2D eigenvalue weighted by Gasteiger charge is 2.33. The van der Waals surface area contributed by atoms with Crippen LogP contribution in [0.25, 0.3) is 0 Å². The second-order valence-electron chi connectivity index (χ2n) is 9.64. The van der Waals surface area contributed by atoms with Crippen molar-refractivity contribution in [1.29, 1.82) is 0 Å². The third kappa shape index (κ3) is 5.96. The molecule has 0 spiro atoms. The lowest BCUT2D eigenvalue weighted by atomic mass is 10.1. The second-order valence-corrected chi connectivity index (χ2v) is 9.64. The van der Waals surface area contributed by atoms with Gasteiger partial charge in [0.1, 0.15) is 11.6 Å². The Morgan fingerprint density at radius 3 is 2.40 bits per heavy atom. The number of amides is 1. The lowest BCUT2D eigenvalue weighted by Gasteiger charge is -2.31. The quantitative estimate of drug-likeness (QED) is 0.535. The number of unbranched alkanes of at least 4 members (excludes halogenated alkanes) is 1. The van der Waals surface area contributed by atoms with Crippen molar-refractivity contribution in [2.75, 3.05) is 31.3 Å². The zero-order valence-electron chi connectivity index (χ0n) is 21.6. The molecule has 3 N–H and O–H groups in total. The van der Waals surface area contributed by atoms with Crippen LogP contribution in [0.1, 0.15) is 62.1 Å². The molecule has 0 aliphatic heterocycles. The molecule has 1 saturated carbocycles. The number of aromatic nitrogens is 2. The van der Waals surface area contributed by atoms with E-state index in [1.807, 2.05) is 32.7 Å². The van der Waals surface area contributed by atoms with Crippen molar-refractivity contribution in [2.45, 2.75) is 78.4 Å². The molecule has 0 unspecified atom stereocenters. The van der Waals surface area contributed by atoms with Gasteiger partial charge in [0, 0.05) is 19.1 Å². The number of anilines is 2. The summed E-state index contributed by atoms with van der Waals surface area (Å²) in [5.74, 6) is 0.739. The van der Waals surface area contributed by atoms with Gasteiger partial charge in [0.25, 0.3) is 5.56 Å². The first-order valence-corrected chi connectivity index (χ1v) is 12.4. The summed E-state index contributed by atoms with van der Waals surface area (Å²) in [6.45, 7) is 7.11. The first-order chi connectivity index (χ1) is 16.7. The van der Waals surface area contributed by atoms with E-state index in [0.717, 1.165) is 61.0 Å². The smallest absolute Gasteiger partial charge is 0.330 e. The van der Waals surface area contributed by atoms with Crippen molar-refractivity contribution in [3.63, 3.8) is 0 Å². The normalized spacial score (nSPS) is 14.0. The Labute approximate surface area is 206 Å². The Kier molecular flexibility index (Phi) is 8.77. The van der Waals surface area contributed by atoms with Gasteiger partial charge in [-0.1, -0.05) is 38.3 Å². The highest BCUT2D eigenvalue weighted by molar-refractivity contribution is 5.97. The van der Waals surface area contributed by atoms with Gasteiger partial charge < -0.3 is 15.4 Å². The van der Waals surface area contributed by atoms with Crippen molar-refractivity contribution in [2.24, 2.45) is 0 Å². The molecule has 192 valence electrons. The fourth-order valence-electron chi connectivity index (χ4n) is 5.15. The molecule has 3 rings (SSSR count). The third-order valence-corrected chi connectivity index (χ3v) is 6.73. The summed E-state index contributed by atoms with van der Waals surface area (Å²) >= 11 is 0. The van der Waals surface area contributed by atoms with Gasteiger partial charge in [-0.05, 0) is 56.8 Å². The molecule has 2 aromatic rings. The molecular formula is C26H39N5O4. The number of hydrogen-bond acceptors (Lipinski definition) is 6. The third-order valence-electron chi connectivity index (χ3n) is 6.73. The number of H-pyrrole nitrogens is 1. The molecule has 1 heterocycles. The Balaban J connectivity index is 1.90. The number of aromatic amines is 1. The maximum absolute atomic E-state index is 13.6. The topological polar surface area (TPSA) is 114 Å². The Bertz CT molecular complexity index is 1140. The van der Waals surface area contributed by atoms with Crippen LogP contribution in [0.5, 0.6) is 5.75 Å². The van der Waals surface area contributed by atoms with Gasteiger partial charge in [0.2, 0.25) is 5.91 Å². The number of nitrogens with one attached hydrogen (secondary N) is 1. The zero-order valence-corrected chi connectivity index (χ0v) is 21.6. The van der Waals surface area contributed by atoms with Crippen LogP contribution in [0.4, 0.5) is 11.5 Å². The summed E-state index contributed by atoms with van der Waals surface area (Å²) in [5.41, 5.74) is 8.49. The van der Waals surface area contributed by atoms with E-state index in [4.69, 9.17) is 10.5 Å². The van der Waals surface area contributed by atoms with Crippen LogP contribution >= 0.6 is 0 Å². The standard InChI is InChI=1S/C26H39N5O4/c1-6-7-12-30-24(27)22(25(33)28-26(30)34)31(20-10-8-9-11-20)21(32)16-29(4)15-19-13-17(2)23(35-5)18(3)14-19/h13-14,20H,6-12,15-16,27H2,1-5H3,(H,28,33,34). The van der Waals surface area contributed by atoms with Crippen LogP contribution in [-0.4, -0.2) is 47.1 Å². The lowest BCUT2D eigenvalue weighted by Crippen LogP contribution is -2.48. The number of nitrogens with zero attached hydrogens (tertiary/aromatic N) is 3. The molecule has 0 radical (unpaired) electrons. The van der Waals surface area contributed by atoms with Crippen molar-refractivity contribution in [3.05, 3.63) is 49.7 Å². The van der Waals surface area contributed by atoms with Gasteiger partial charge in [-0.3, -0.25) is 24.0 Å². The molecular weight excluding hydrogens is 446 g/mol. The summed E-state index contributed by atoms with van der Waals surface area (Å²) in [5, 5.41) is 0. The van der Waals surface area contributed by atoms with Gasteiger partial charge >= 0.3 is 5.69 Å². The average molecular weight is 486 g/mol. The van der Waals surface area contributed by atoms with E-state index >= 15 is 0 Å². The minimum atomic E-state index is -0.607. The number of aryl methyl sites for hydroxylation is 2. The van der Waals surface area contributed by atoms with E-state index in [-0.39, 0.29) is 30.0 Å². The molecule has 1 fully saturated rings. The molecule has 1 aromatic carbocycles. The average Bonchev–Trinajstić information content (AvgIpc) is 3.30. The number of methoxy groups -OCH3 is 1. The number of likely N-dealkylation sites (N-methyl/N-ethyl adjacent to an activating group) is 1. The van der Waals surface area contributed by atoms with Crippen molar-refractivity contribution >= 4 is 17.4 Å². The van der Waals surface area contributed by atoms with E-state index in [0.29, 0.717) is 13.1 Å². The lowest BCUT2D eigenvalue weighted by molar-refractivity contribution is -0.120. The first kappa shape index (κ1) is 26.5. The summed E-state index contributed by atoms with van der Waals surface area (Å²) in [4.78, 5) is 44.9. The number of nitrogen functional groups attached to an aromatic ring is 1. The number of rotatable bonds is 10. The van der Waals surface area contributed by atoms with E-state index in [1.165, 1.54) is 4.57 Å². The number of nitrogens with two attached hydrogens (primary N) is 1. The van der Waals surface area contributed by atoms with Crippen molar-refractivity contribution in [1.82, 2.24) is 14.5 Å². The van der Waals surface area contributed by atoms with Crippen molar-refractivity contribution in [3.8, 4) is 5.75 Å². The second kappa shape index (κ2) is 11.6. The van der Waals surface area contributed by atoms with Gasteiger partial charge in [0.15, 0.2) is 5.69 Å². The van der Waals surface area contributed by atoms with E-state index < -0.39 is 11.2 Å². The van der Waals surface area contributed by atoms with Crippen LogP contribution < -0.4 is 26.6 Å². The minimum Gasteiger partial charge on any atom is -0.496 e. The molecule has 1 aliphatic carbocycles. The molecule has 1 aliphatic rings. The van der Waals surface area contributed by atoms with Gasteiger partial charge in [-0.25, -0.2) is 4.79 Å². The number of carbonyl (C=O) groups is 1. The molecule has 9 nitrogen and oxygen atoms in total. The molecule has 0 bridgehead atoms. The Morgan fingerprint density at radius 2 is 1.83 bits per heavy atom. The molecule has 9 heteroatoms. The number of ether oxygens (including phenoxy) is 1. The molecule has 35 heavy (non-hydrogen) atoms. The van der Waals surface area contributed by atoms with Crippen LogP contribution in [0.3, 0.4) is 0 Å². The van der Waals surface area contributed by atoms with Crippen LogP contribution in [0.2, 0.25) is 0 Å². The molecule has 1 aromatic heterocycles. The summed E-state index contributed by atoms with van der Waals surface area (Å²) in [6.07, 6.45) is 5.21. The summed E-state index contributed by atoms with van der Waals surface area (Å²) in [7, 11) is 3.55. The first-order valence-electron chi connectivity index (χ1n) is 12.4. The number of benzene rings is 1. The highest BCUT2D eigenvalue weighted by Crippen LogP contribution is 2.30. The van der Waals surface area contributed by atoms with E-state index in [2.05, 4.69) is 17.1 Å². The predicted octanol–water partition coefficient (Wildman–Crippen LogP) is 2.95. The minimum absolute atomic E-state index is 0.0662. The van der Waals surface area contributed by atoms with Gasteiger partial charge in [-0.15, -0.1) is 0 Å². The van der Waals surface area contributed by atoms with Gasteiger partial charge in [-0.2, -0.15) is 0 Å². The zero-order chi connectivity index (χ0) is 25.7. The van der Waals surface area contributed by atoms with Crippen LogP contribution in [0.15, 0.2) is 21.7 Å². The Morgan fingerprint density at radius 1 is 1.20 bits per heavy atom. The van der Waals surface area contributed by atoms with Crippen molar-refractivity contribution < 1.29 is 9.53 Å². The molecule has 1 amide bonds. The maximum Gasteiger partial charge on any atom is 0.330 e. The fraction of sp³-hybridized carbons (Fsp3) is 0.577. The maximum atomic E-state index is 13.6. The highest BCUT2D eigenvalue weighted by atomic mass is 16.5. The van der Waals surface area contributed by atoms with Crippen LogP contribution in [0, 0.1) is 13.8 Å². The SMILES string of the molecule is CCCCn1c(N)c(N(C(=O)CN(C)Cc2cc(C)c(OC)c(C)c2)C2CCCC2)c(=O)[nH]c1=O. The summed E-state index contributed by atoms with van der Waals surface area (Å²) in [6, 6.07) is 4.02. The molecule has 0 atom stereocenters. The van der Waals surface area contributed by atoms with Gasteiger partial charge in [0.05, 0.1) is 13.7 Å². The largest absolute Gasteiger partial charge is 0.496 e. The monoisotopic (exact) mass is 485 g/mol. The number of hydrogen-bond donors (Lipinski definition) is 2. The fourth-order valence-corrected chi connectivity index (χ4v) is 5.15. The van der Waals surface area contributed by atoms with E-state index in [9.17, 15) is 14.4 Å².